The van der Waals surface area contributed by atoms with E-state index < -0.39 is 10.0 Å². The van der Waals surface area contributed by atoms with Gasteiger partial charge in [-0.15, -0.1) is 0 Å². The second kappa shape index (κ2) is 5.87. The van der Waals surface area contributed by atoms with Gasteiger partial charge >= 0.3 is 0 Å². The smallest absolute Gasteiger partial charge is 0.246 e. The number of methoxy groups -OCH3 is 1. The lowest BCUT2D eigenvalue weighted by atomic mass is 10.1. The molecule has 2 aromatic rings. The highest BCUT2D eigenvalue weighted by Crippen LogP contribution is 2.22. The van der Waals surface area contributed by atoms with Crippen LogP contribution in [0.5, 0.6) is 5.75 Å². The zero-order valence-electron chi connectivity index (χ0n) is 12.4. The van der Waals surface area contributed by atoms with Gasteiger partial charge in [0.05, 0.1) is 7.11 Å². The van der Waals surface area contributed by atoms with Crippen molar-refractivity contribution in [1.82, 2.24) is 9.88 Å². The number of sulfonamides is 1. The summed E-state index contributed by atoms with van der Waals surface area (Å²) >= 11 is 0. The van der Waals surface area contributed by atoms with Gasteiger partial charge in [0.2, 0.25) is 10.0 Å². The summed E-state index contributed by atoms with van der Waals surface area (Å²) in [5.41, 5.74) is 2.14. The minimum Gasteiger partial charge on any atom is -0.496 e. The van der Waals surface area contributed by atoms with Crippen LogP contribution < -0.4 is 9.46 Å². The molecule has 21 heavy (non-hydrogen) atoms. The van der Waals surface area contributed by atoms with E-state index in [2.05, 4.69) is 9.88 Å². The molecule has 1 aromatic carbocycles. The highest BCUT2D eigenvalue weighted by Gasteiger charge is 2.24. The Morgan fingerprint density at radius 2 is 2.00 bits per heavy atom. The average Bonchev–Trinajstić information content (AvgIpc) is 2.77. The first-order valence-corrected chi connectivity index (χ1v) is 7.89. The van der Waals surface area contributed by atoms with E-state index in [1.807, 2.05) is 25.1 Å². The molecule has 6 nitrogen and oxygen atoms in total. The first-order valence-electron chi connectivity index (χ1n) is 6.41. The van der Waals surface area contributed by atoms with Gasteiger partial charge in [0.1, 0.15) is 16.3 Å². The molecule has 7 heteroatoms. The molecule has 2 rings (SSSR count). The third-order valence-electron chi connectivity index (χ3n) is 3.13. The molecular weight excluding hydrogens is 292 g/mol. The lowest BCUT2D eigenvalue weighted by Gasteiger charge is -2.11. The predicted octanol–water partition coefficient (Wildman–Crippen LogP) is 2.09. The number of hydrogen-bond donors (Lipinski definition) is 1. The number of nitrogens with zero attached hydrogens (tertiary/aromatic N) is 1. The van der Waals surface area contributed by atoms with Crippen LogP contribution in [0.15, 0.2) is 27.6 Å². The van der Waals surface area contributed by atoms with Gasteiger partial charge in [0.25, 0.3) is 0 Å². The Morgan fingerprint density at radius 3 is 2.57 bits per heavy atom. The van der Waals surface area contributed by atoms with Crippen molar-refractivity contribution < 1.29 is 17.7 Å². The van der Waals surface area contributed by atoms with E-state index in [1.165, 1.54) is 0 Å². The van der Waals surface area contributed by atoms with E-state index >= 15 is 0 Å². The van der Waals surface area contributed by atoms with E-state index in [4.69, 9.17) is 9.26 Å². The SMILES string of the molecule is COc1ccc(C)cc1CNS(=O)(=O)c1c(C)noc1C. The zero-order valence-corrected chi connectivity index (χ0v) is 13.2. The number of nitrogens with one attached hydrogen (secondary N) is 1. The lowest BCUT2D eigenvalue weighted by Crippen LogP contribution is -2.24. The van der Waals surface area contributed by atoms with Gasteiger partial charge in [-0.05, 0) is 26.8 Å². The summed E-state index contributed by atoms with van der Waals surface area (Å²) in [7, 11) is -2.12. The third-order valence-corrected chi connectivity index (χ3v) is 4.77. The summed E-state index contributed by atoms with van der Waals surface area (Å²) in [6, 6.07) is 5.61. The molecule has 0 aliphatic heterocycles. The molecule has 0 aliphatic rings. The Balaban J connectivity index is 2.26. The molecule has 0 atom stereocenters. The van der Waals surface area contributed by atoms with Crippen molar-refractivity contribution in [2.45, 2.75) is 32.2 Å². The highest BCUT2D eigenvalue weighted by molar-refractivity contribution is 7.89. The van der Waals surface area contributed by atoms with Crippen molar-refractivity contribution in [2.75, 3.05) is 7.11 Å². The molecule has 0 fully saturated rings. The summed E-state index contributed by atoms with van der Waals surface area (Å²) in [4.78, 5) is 0.0918. The maximum absolute atomic E-state index is 12.3. The van der Waals surface area contributed by atoms with Gasteiger partial charge in [-0.2, -0.15) is 0 Å². The van der Waals surface area contributed by atoms with E-state index in [-0.39, 0.29) is 17.2 Å². The molecule has 1 aromatic heterocycles. The fourth-order valence-corrected chi connectivity index (χ4v) is 3.48. The molecule has 0 saturated carbocycles. The van der Waals surface area contributed by atoms with Gasteiger partial charge in [-0.25, -0.2) is 13.1 Å². The Kier molecular flexibility index (Phi) is 4.34. The molecule has 0 unspecified atom stereocenters. The fraction of sp³-hybridized carbons (Fsp3) is 0.357. The molecule has 0 aliphatic carbocycles. The molecule has 0 amide bonds. The summed E-state index contributed by atoms with van der Waals surface area (Å²) in [6.07, 6.45) is 0. The van der Waals surface area contributed by atoms with Gasteiger partial charge < -0.3 is 9.26 Å². The first kappa shape index (κ1) is 15.5. The maximum atomic E-state index is 12.3. The van der Waals surface area contributed by atoms with Crippen molar-refractivity contribution in [1.29, 1.82) is 0 Å². The zero-order chi connectivity index (χ0) is 15.6. The molecule has 0 spiro atoms. The summed E-state index contributed by atoms with van der Waals surface area (Å²) in [5, 5.41) is 3.67. The topological polar surface area (TPSA) is 81.4 Å². The van der Waals surface area contributed by atoms with Crippen molar-refractivity contribution in [3.05, 3.63) is 40.8 Å². The molecular formula is C14H18N2O4S. The van der Waals surface area contributed by atoms with Crippen LogP contribution in [0.4, 0.5) is 0 Å². The third kappa shape index (κ3) is 3.25. The van der Waals surface area contributed by atoms with E-state index in [9.17, 15) is 8.42 Å². The molecule has 1 N–H and O–H groups in total. The van der Waals surface area contributed by atoms with E-state index in [1.54, 1.807) is 21.0 Å². The van der Waals surface area contributed by atoms with Gasteiger partial charge in [0, 0.05) is 12.1 Å². The second-order valence-electron chi connectivity index (χ2n) is 4.79. The standard InChI is InChI=1S/C14H18N2O4S/c1-9-5-6-13(19-4)12(7-9)8-15-21(17,18)14-10(2)16-20-11(14)3/h5-7,15H,8H2,1-4H3. The van der Waals surface area contributed by atoms with E-state index in [0.29, 0.717) is 11.4 Å². The Labute approximate surface area is 124 Å². The normalized spacial score (nSPS) is 11.6. The quantitative estimate of drug-likeness (QED) is 0.914. The monoisotopic (exact) mass is 310 g/mol. The average molecular weight is 310 g/mol. The Hall–Kier alpha value is -1.86. The van der Waals surface area contributed by atoms with Crippen LogP contribution in [-0.4, -0.2) is 20.7 Å². The van der Waals surface area contributed by atoms with Crippen LogP contribution in [0.25, 0.3) is 0 Å². The number of ether oxygens (including phenoxy) is 1. The molecule has 1 heterocycles. The van der Waals surface area contributed by atoms with Crippen molar-refractivity contribution in [3.63, 3.8) is 0 Å². The van der Waals surface area contributed by atoms with Crippen LogP contribution in [0, 0.1) is 20.8 Å². The summed E-state index contributed by atoms with van der Waals surface area (Å²) in [5.74, 6) is 0.915. The fourth-order valence-electron chi connectivity index (χ4n) is 2.15. The molecule has 0 bridgehead atoms. The van der Waals surface area contributed by atoms with Crippen LogP contribution in [0.2, 0.25) is 0 Å². The van der Waals surface area contributed by atoms with Gasteiger partial charge in [-0.3, -0.25) is 0 Å². The summed E-state index contributed by atoms with van der Waals surface area (Å²) in [6.45, 7) is 5.24. The van der Waals surface area contributed by atoms with Crippen LogP contribution in [-0.2, 0) is 16.6 Å². The van der Waals surface area contributed by atoms with Crippen LogP contribution in [0.3, 0.4) is 0 Å². The van der Waals surface area contributed by atoms with Crippen LogP contribution in [0.1, 0.15) is 22.6 Å². The number of aryl methyl sites for hydroxylation is 3. The lowest BCUT2D eigenvalue weighted by molar-refractivity contribution is 0.390. The van der Waals surface area contributed by atoms with Crippen molar-refractivity contribution >= 4 is 10.0 Å². The van der Waals surface area contributed by atoms with Gasteiger partial charge in [0.15, 0.2) is 5.76 Å². The maximum Gasteiger partial charge on any atom is 0.246 e. The van der Waals surface area contributed by atoms with Crippen molar-refractivity contribution in [3.8, 4) is 5.75 Å². The second-order valence-corrected chi connectivity index (χ2v) is 6.50. The highest BCUT2D eigenvalue weighted by atomic mass is 32.2. The number of aromatic nitrogens is 1. The van der Waals surface area contributed by atoms with Crippen molar-refractivity contribution in [2.24, 2.45) is 0 Å². The van der Waals surface area contributed by atoms with E-state index in [0.717, 1.165) is 11.1 Å². The van der Waals surface area contributed by atoms with Gasteiger partial charge in [-0.1, -0.05) is 22.9 Å². The first-order chi connectivity index (χ1) is 9.85. The largest absolute Gasteiger partial charge is 0.496 e. The molecule has 114 valence electrons. The number of rotatable bonds is 5. The molecule has 0 saturated heterocycles. The predicted molar refractivity (Wildman–Crippen MR) is 77.7 cm³/mol. The molecule has 0 radical (unpaired) electrons. The number of benzene rings is 1. The Bertz CT molecular complexity index is 731. The number of hydrogen-bond acceptors (Lipinski definition) is 5. The minimum atomic E-state index is -3.68. The minimum absolute atomic E-state index is 0.0918. The summed E-state index contributed by atoms with van der Waals surface area (Å²) < 4.78 is 37.4. The Morgan fingerprint density at radius 1 is 1.29 bits per heavy atom. The van der Waals surface area contributed by atoms with Crippen LogP contribution >= 0.6 is 0 Å².